The van der Waals surface area contributed by atoms with E-state index in [-0.39, 0.29) is 0 Å². The van der Waals surface area contributed by atoms with E-state index in [9.17, 15) is 10.2 Å². The summed E-state index contributed by atoms with van der Waals surface area (Å²) < 4.78 is 7.40. The van der Waals surface area contributed by atoms with Crippen LogP contribution in [0.1, 0.15) is 24.4 Å². The molecule has 5 rings (SSSR count). The van der Waals surface area contributed by atoms with E-state index < -0.39 is 24.5 Å². The Hall–Kier alpha value is -3.13. The fraction of sp³-hybridized carbons (Fsp3) is 0.261. The first-order chi connectivity index (χ1) is 14.6. The van der Waals surface area contributed by atoms with Gasteiger partial charge in [-0.2, -0.15) is 5.10 Å². The second kappa shape index (κ2) is 7.60. The zero-order valence-corrected chi connectivity index (χ0v) is 16.5. The Morgan fingerprint density at radius 3 is 2.30 bits per heavy atom. The lowest BCUT2D eigenvalue weighted by Gasteiger charge is -2.15. The van der Waals surface area contributed by atoms with E-state index in [0.717, 1.165) is 27.9 Å². The summed E-state index contributed by atoms with van der Waals surface area (Å²) in [6, 6.07) is 19.9. The van der Waals surface area contributed by atoms with Crippen LogP contribution in [0.15, 0.2) is 67.0 Å². The molecule has 7 nitrogen and oxygen atoms in total. The number of ether oxygens (including phenoxy) is 1. The predicted octanol–water partition coefficient (Wildman–Crippen LogP) is 2.72. The van der Waals surface area contributed by atoms with Crippen molar-refractivity contribution >= 4 is 11.0 Å². The zero-order chi connectivity index (χ0) is 20.7. The van der Waals surface area contributed by atoms with E-state index in [1.807, 2.05) is 48.5 Å². The minimum atomic E-state index is -1.10. The fourth-order valence-corrected chi connectivity index (χ4v) is 3.96. The quantitative estimate of drug-likeness (QED) is 0.545. The molecule has 1 saturated heterocycles. The van der Waals surface area contributed by atoms with Crippen LogP contribution < -0.4 is 0 Å². The minimum Gasteiger partial charge on any atom is -0.388 e. The lowest BCUT2D eigenvalue weighted by molar-refractivity contribution is -0.0370. The van der Waals surface area contributed by atoms with Crippen molar-refractivity contribution in [2.75, 3.05) is 0 Å². The average molecular weight is 402 g/mol. The highest BCUT2D eigenvalue weighted by Gasteiger charge is 2.43. The van der Waals surface area contributed by atoms with Gasteiger partial charge in [-0.1, -0.05) is 60.7 Å². The molecule has 0 amide bonds. The van der Waals surface area contributed by atoms with Crippen LogP contribution in [-0.2, 0) is 11.2 Å². The van der Waals surface area contributed by atoms with Crippen molar-refractivity contribution in [2.45, 2.75) is 37.9 Å². The molecule has 2 aromatic carbocycles. The third-order valence-corrected chi connectivity index (χ3v) is 5.55. The molecule has 4 atom stereocenters. The largest absolute Gasteiger partial charge is 0.388 e. The summed E-state index contributed by atoms with van der Waals surface area (Å²) in [6.45, 7) is 1.73. The summed E-state index contributed by atoms with van der Waals surface area (Å²) in [5, 5.41) is 26.3. The molecule has 1 fully saturated rings. The predicted molar refractivity (Wildman–Crippen MR) is 112 cm³/mol. The normalized spacial score (nSPS) is 23.8. The van der Waals surface area contributed by atoms with Gasteiger partial charge in [0.25, 0.3) is 0 Å². The number of nitrogens with zero attached hydrogens (tertiary/aromatic N) is 4. The van der Waals surface area contributed by atoms with Crippen molar-refractivity contribution < 1.29 is 14.9 Å². The lowest BCUT2D eigenvalue weighted by Crippen LogP contribution is -2.30. The van der Waals surface area contributed by atoms with Gasteiger partial charge in [-0.15, -0.1) is 0 Å². The van der Waals surface area contributed by atoms with E-state index in [0.29, 0.717) is 12.1 Å². The van der Waals surface area contributed by atoms with Crippen LogP contribution in [0.25, 0.3) is 22.3 Å². The van der Waals surface area contributed by atoms with E-state index in [1.54, 1.807) is 11.6 Å². The summed E-state index contributed by atoms with van der Waals surface area (Å²) in [6.07, 6.45) is -1.28. The van der Waals surface area contributed by atoms with Gasteiger partial charge in [0, 0.05) is 12.0 Å². The van der Waals surface area contributed by atoms with Gasteiger partial charge in [-0.25, -0.2) is 14.6 Å². The smallest absolute Gasteiger partial charge is 0.181 e. The van der Waals surface area contributed by atoms with Gasteiger partial charge in [0.2, 0.25) is 0 Å². The highest BCUT2D eigenvalue weighted by atomic mass is 16.6. The second-order valence-electron chi connectivity index (χ2n) is 7.55. The molecule has 1 aliphatic heterocycles. The molecule has 0 unspecified atom stereocenters. The van der Waals surface area contributed by atoms with Crippen molar-refractivity contribution in [3.8, 4) is 11.3 Å². The first kappa shape index (κ1) is 18.9. The number of aliphatic hydroxyl groups is 2. The molecular formula is C23H22N4O3. The van der Waals surface area contributed by atoms with E-state index in [4.69, 9.17) is 9.84 Å². The number of hydrogen-bond acceptors (Lipinski definition) is 6. The van der Waals surface area contributed by atoms with E-state index in [1.165, 1.54) is 6.33 Å². The van der Waals surface area contributed by atoms with Crippen molar-refractivity contribution in [3.05, 3.63) is 78.2 Å². The lowest BCUT2D eigenvalue weighted by atomic mass is 10.0. The van der Waals surface area contributed by atoms with Gasteiger partial charge >= 0.3 is 0 Å². The SMILES string of the molecule is C[C@H]1O[C@@H](n2nc(-c3ccccc3)c3c(Cc4ccccc4)ncnc32)[C@H](O)[C@@H]1O. The third kappa shape index (κ3) is 3.17. The molecule has 0 saturated carbocycles. The van der Waals surface area contributed by atoms with Gasteiger partial charge in [0.15, 0.2) is 11.9 Å². The van der Waals surface area contributed by atoms with E-state index >= 15 is 0 Å². The Kier molecular flexibility index (Phi) is 4.78. The second-order valence-corrected chi connectivity index (χ2v) is 7.55. The molecule has 1 aliphatic rings. The highest BCUT2D eigenvalue weighted by Crippen LogP contribution is 2.35. The van der Waals surface area contributed by atoms with Crippen molar-refractivity contribution in [1.82, 2.24) is 19.7 Å². The van der Waals surface area contributed by atoms with Crippen LogP contribution in [-0.4, -0.2) is 48.3 Å². The monoisotopic (exact) mass is 402 g/mol. The van der Waals surface area contributed by atoms with Gasteiger partial charge in [0.1, 0.15) is 24.2 Å². The topological polar surface area (TPSA) is 93.3 Å². The molecule has 0 bridgehead atoms. The molecular weight excluding hydrogens is 380 g/mol. The first-order valence-corrected chi connectivity index (χ1v) is 9.96. The molecule has 2 N–H and O–H groups in total. The van der Waals surface area contributed by atoms with Crippen LogP contribution in [0.5, 0.6) is 0 Å². The number of rotatable bonds is 4. The zero-order valence-electron chi connectivity index (χ0n) is 16.5. The number of fused-ring (bicyclic) bond motifs is 1. The Balaban J connectivity index is 1.70. The van der Waals surface area contributed by atoms with Gasteiger partial charge in [0.05, 0.1) is 17.2 Å². The maximum Gasteiger partial charge on any atom is 0.181 e. The molecule has 7 heteroatoms. The molecule has 0 radical (unpaired) electrons. The van der Waals surface area contributed by atoms with Gasteiger partial charge in [-0.05, 0) is 12.5 Å². The Labute approximate surface area is 173 Å². The van der Waals surface area contributed by atoms with Crippen molar-refractivity contribution in [3.63, 3.8) is 0 Å². The molecule has 4 aromatic rings. The molecule has 0 aliphatic carbocycles. The van der Waals surface area contributed by atoms with Crippen LogP contribution in [0.4, 0.5) is 0 Å². The Morgan fingerprint density at radius 1 is 0.933 bits per heavy atom. The van der Waals surface area contributed by atoms with Gasteiger partial charge in [-0.3, -0.25) is 0 Å². The maximum absolute atomic E-state index is 10.5. The molecule has 30 heavy (non-hydrogen) atoms. The van der Waals surface area contributed by atoms with Crippen molar-refractivity contribution in [1.29, 1.82) is 0 Å². The minimum absolute atomic E-state index is 0.505. The standard InChI is InChI=1S/C23H22N4O3/c1-14-20(28)21(29)23(30-14)27-22-18(19(26-27)16-10-6-3-7-11-16)17(24-13-25-22)12-15-8-4-2-5-9-15/h2-11,13-14,20-21,23,28-29H,12H2,1H3/t14-,20-,21-,23-/m1/s1. The van der Waals surface area contributed by atoms with Crippen LogP contribution >= 0.6 is 0 Å². The maximum atomic E-state index is 10.5. The summed E-state index contributed by atoms with van der Waals surface area (Å²) >= 11 is 0. The van der Waals surface area contributed by atoms with Crippen LogP contribution in [0, 0.1) is 0 Å². The molecule has 3 heterocycles. The van der Waals surface area contributed by atoms with E-state index in [2.05, 4.69) is 22.1 Å². The first-order valence-electron chi connectivity index (χ1n) is 9.96. The number of benzene rings is 2. The highest BCUT2D eigenvalue weighted by molar-refractivity contribution is 5.93. The fourth-order valence-electron chi connectivity index (χ4n) is 3.96. The van der Waals surface area contributed by atoms with Crippen LogP contribution in [0.3, 0.4) is 0 Å². The Morgan fingerprint density at radius 2 is 1.63 bits per heavy atom. The van der Waals surface area contributed by atoms with Crippen LogP contribution in [0.2, 0.25) is 0 Å². The molecule has 152 valence electrons. The van der Waals surface area contributed by atoms with Crippen molar-refractivity contribution in [2.24, 2.45) is 0 Å². The summed E-state index contributed by atoms with van der Waals surface area (Å²) in [7, 11) is 0. The number of aromatic nitrogens is 4. The molecule has 0 spiro atoms. The third-order valence-electron chi connectivity index (χ3n) is 5.55. The summed E-state index contributed by atoms with van der Waals surface area (Å²) in [5.41, 5.74) is 4.19. The summed E-state index contributed by atoms with van der Waals surface area (Å²) in [4.78, 5) is 9.04. The average Bonchev–Trinajstić information content (AvgIpc) is 3.29. The Bertz CT molecular complexity index is 1160. The number of hydrogen-bond donors (Lipinski definition) is 2. The van der Waals surface area contributed by atoms with Gasteiger partial charge < -0.3 is 14.9 Å². The number of aliphatic hydroxyl groups excluding tert-OH is 2. The molecule has 2 aromatic heterocycles. The summed E-state index contributed by atoms with van der Waals surface area (Å²) in [5.74, 6) is 0.